The van der Waals surface area contributed by atoms with Crippen molar-refractivity contribution < 1.29 is 4.74 Å². The first-order chi connectivity index (χ1) is 25.1. The predicted molar refractivity (Wildman–Crippen MR) is 209 cm³/mol. The van der Waals surface area contributed by atoms with Gasteiger partial charge in [-0.2, -0.15) is 0 Å². The lowest BCUT2D eigenvalue weighted by Crippen LogP contribution is -1.97. The Hall–Kier alpha value is -6.72. The SMILES string of the molecule is Cc1ccccc1-c1nc2c3cc(Oc4ccc5c6ccccc6n(-c6ccccn6)c5c4)ccc3c3ccccc3n2c1-c1ccccc1C. The van der Waals surface area contributed by atoms with Gasteiger partial charge in [-0.15, -0.1) is 0 Å². The molecule has 0 unspecified atom stereocenters. The minimum absolute atomic E-state index is 0.748. The first-order valence-electron chi connectivity index (χ1n) is 17.3. The molecule has 0 aliphatic rings. The molecule has 10 aromatic rings. The van der Waals surface area contributed by atoms with Crippen molar-refractivity contribution in [1.82, 2.24) is 18.9 Å². The highest BCUT2D eigenvalue weighted by atomic mass is 16.5. The lowest BCUT2D eigenvalue weighted by Gasteiger charge is -2.14. The van der Waals surface area contributed by atoms with Crippen molar-refractivity contribution in [1.29, 1.82) is 0 Å². The topological polar surface area (TPSA) is 44.3 Å². The van der Waals surface area contributed by atoms with Gasteiger partial charge in [-0.05, 0) is 85.0 Å². The molecule has 0 bridgehead atoms. The highest BCUT2D eigenvalue weighted by molar-refractivity contribution is 6.14. The summed E-state index contributed by atoms with van der Waals surface area (Å²) >= 11 is 0. The summed E-state index contributed by atoms with van der Waals surface area (Å²) in [5.74, 6) is 2.37. The van der Waals surface area contributed by atoms with Gasteiger partial charge in [-0.1, -0.05) is 91.0 Å². The Morgan fingerprint density at radius 3 is 1.84 bits per heavy atom. The zero-order valence-electron chi connectivity index (χ0n) is 28.2. The average molecular weight is 657 g/mol. The fourth-order valence-corrected chi connectivity index (χ4v) is 7.73. The second kappa shape index (κ2) is 11.4. The van der Waals surface area contributed by atoms with E-state index >= 15 is 0 Å². The van der Waals surface area contributed by atoms with Crippen LogP contribution in [0.3, 0.4) is 0 Å². The number of fused-ring (bicyclic) bond motifs is 9. The summed E-state index contributed by atoms with van der Waals surface area (Å²) in [5.41, 5.74) is 10.9. The molecule has 0 fully saturated rings. The molecule has 0 atom stereocenters. The Bertz CT molecular complexity index is 2970. The molecular formula is C46H32N4O. The van der Waals surface area contributed by atoms with Crippen LogP contribution in [-0.2, 0) is 0 Å². The van der Waals surface area contributed by atoms with Crippen molar-refractivity contribution in [2.24, 2.45) is 0 Å². The predicted octanol–water partition coefficient (Wildman–Crippen LogP) is 11.9. The normalized spacial score (nSPS) is 11.7. The summed E-state index contributed by atoms with van der Waals surface area (Å²) < 4.78 is 11.3. The van der Waals surface area contributed by atoms with Crippen molar-refractivity contribution in [3.63, 3.8) is 0 Å². The molecule has 4 heterocycles. The van der Waals surface area contributed by atoms with E-state index < -0.39 is 0 Å². The van der Waals surface area contributed by atoms with E-state index in [1.165, 1.54) is 16.5 Å². The van der Waals surface area contributed by atoms with E-state index in [0.717, 1.165) is 83.6 Å². The molecular weight excluding hydrogens is 625 g/mol. The number of nitrogens with zero attached hydrogens (tertiary/aromatic N) is 4. The van der Waals surface area contributed by atoms with Gasteiger partial charge in [0.1, 0.15) is 23.0 Å². The van der Waals surface area contributed by atoms with E-state index in [2.05, 4.69) is 156 Å². The first-order valence-corrected chi connectivity index (χ1v) is 17.3. The quantitative estimate of drug-likeness (QED) is 0.173. The number of benzene rings is 6. The molecule has 0 saturated carbocycles. The van der Waals surface area contributed by atoms with Gasteiger partial charge in [-0.3, -0.25) is 8.97 Å². The van der Waals surface area contributed by atoms with E-state index in [4.69, 9.17) is 14.7 Å². The van der Waals surface area contributed by atoms with E-state index in [9.17, 15) is 0 Å². The van der Waals surface area contributed by atoms with Gasteiger partial charge in [0.05, 0.1) is 27.9 Å². The maximum atomic E-state index is 6.72. The number of para-hydroxylation sites is 2. The van der Waals surface area contributed by atoms with Gasteiger partial charge in [-0.25, -0.2) is 9.97 Å². The Morgan fingerprint density at radius 2 is 1.10 bits per heavy atom. The molecule has 0 amide bonds. The number of ether oxygens (including phenoxy) is 1. The van der Waals surface area contributed by atoms with Crippen LogP contribution >= 0.6 is 0 Å². The number of hydrogen-bond donors (Lipinski definition) is 0. The van der Waals surface area contributed by atoms with Crippen LogP contribution in [0, 0.1) is 13.8 Å². The van der Waals surface area contributed by atoms with Gasteiger partial charge in [0.15, 0.2) is 0 Å². The van der Waals surface area contributed by atoms with Gasteiger partial charge in [0.2, 0.25) is 0 Å². The molecule has 0 radical (unpaired) electrons. The Morgan fingerprint density at radius 1 is 0.490 bits per heavy atom. The number of aryl methyl sites for hydroxylation is 2. The highest BCUT2D eigenvalue weighted by Gasteiger charge is 2.23. The fraction of sp³-hybridized carbons (Fsp3) is 0.0435. The van der Waals surface area contributed by atoms with Crippen LogP contribution in [0.2, 0.25) is 0 Å². The maximum absolute atomic E-state index is 6.72. The zero-order chi connectivity index (χ0) is 34.1. The van der Waals surface area contributed by atoms with Crippen molar-refractivity contribution >= 4 is 49.1 Å². The van der Waals surface area contributed by atoms with E-state index in [1.54, 1.807) is 0 Å². The van der Waals surface area contributed by atoms with E-state index in [0.29, 0.717) is 0 Å². The monoisotopic (exact) mass is 656 g/mol. The van der Waals surface area contributed by atoms with Crippen LogP contribution in [0.15, 0.2) is 158 Å². The van der Waals surface area contributed by atoms with Crippen LogP contribution in [-0.4, -0.2) is 18.9 Å². The van der Waals surface area contributed by atoms with E-state index in [1.807, 2.05) is 24.4 Å². The summed E-state index contributed by atoms with van der Waals surface area (Å²) in [6.07, 6.45) is 1.83. The Labute approximate surface area is 294 Å². The van der Waals surface area contributed by atoms with Gasteiger partial charge >= 0.3 is 0 Å². The minimum Gasteiger partial charge on any atom is -0.457 e. The molecule has 0 spiro atoms. The Kier molecular flexibility index (Phi) is 6.55. The van der Waals surface area contributed by atoms with Gasteiger partial charge in [0.25, 0.3) is 0 Å². The summed E-state index contributed by atoms with van der Waals surface area (Å²) in [7, 11) is 0. The van der Waals surface area contributed by atoms with E-state index in [-0.39, 0.29) is 0 Å². The number of aromatic nitrogens is 4. The molecule has 10 rings (SSSR count). The largest absolute Gasteiger partial charge is 0.457 e. The van der Waals surface area contributed by atoms with Gasteiger partial charge in [0, 0.05) is 44.9 Å². The second-order valence-corrected chi connectivity index (χ2v) is 13.1. The summed E-state index contributed by atoms with van der Waals surface area (Å²) in [6, 6.07) is 52.9. The lowest BCUT2D eigenvalue weighted by atomic mass is 9.98. The van der Waals surface area contributed by atoms with Crippen LogP contribution in [0.25, 0.3) is 77.5 Å². The van der Waals surface area contributed by atoms with Crippen molar-refractivity contribution in [3.8, 4) is 39.8 Å². The van der Waals surface area contributed by atoms with Crippen molar-refractivity contribution in [2.75, 3.05) is 0 Å². The summed E-state index contributed by atoms with van der Waals surface area (Å²) in [5, 5.41) is 5.66. The summed E-state index contributed by atoms with van der Waals surface area (Å²) in [4.78, 5) is 10.2. The molecule has 0 aliphatic carbocycles. The fourth-order valence-electron chi connectivity index (χ4n) is 7.73. The molecule has 0 N–H and O–H groups in total. The maximum Gasteiger partial charge on any atom is 0.146 e. The zero-order valence-corrected chi connectivity index (χ0v) is 28.2. The first kappa shape index (κ1) is 29.2. The molecule has 5 nitrogen and oxygen atoms in total. The third kappa shape index (κ3) is 4.55. The smallest absolute Gasteiger partial charge is 0.146 e. The molecule has 0 aliphatic heterocycles. The molecule has 0 saturated heterocycles. The Balaban J connectivity index is 1.21. The van der Waals surface area contributed by atoms with Crippen molar-refractivity contribution in [2.45, 2.75) is 13.8 Å². The number of imidazole rings is 1. The van der Waals surface area contributed by atoms with Crippen LogP contribution in [0.5, 0.6) is 11.5 Å². The number of hydrogen-bond acceptors (Lipinski definition) is 3. The standard InChI is InChI=1S/C46H32N4O/c1-29-13-3-5-15-33(29)44-45(34-16-6-4-14-30(34)2)50-41-20-10-7-17-36(41)35-24-22-31(27-39(35)46(50)48-44)51-32-23-25-38-37-18-8-9-19-40(37)49(42(38)28-32)43-21-11-12-26-47-43/h3-28H,1-2H3. The summed E-state index contributed by atoms with van der Waals surface area (Å²) in [6.45, 7) is 4.34. The van der Waals surface area contributed by atoms with Crippen LogP contribution in [0.1, 0.15) is 11.1 Å². The van der Waals surface area contributed by atoms with Crippen LogP contribution < -0.4 is 4.74 Å². The van der Waals surface area contributed by atoms with Crippen LogP contribution in [0.4, 0.5) is 0 Å². The number of rotatable bonds is 5. The minimum atomic E-state index is 0.748. The van der Waals surface area contributed by atoms with Crippen molar-refractivity contribution in [3.05, 3.63) is 169 Å². The third-order valence-corrected chi connectivity index (χ3v) is 10.1. The molecule has 6 aromatic carbocycles. The highest BCUT2D eigenvalue weighted by Crippen LogP contribution is 2.42. The average Bonchev–Trinajstić information content (AvgIpc) is 3.72. The molecule has 4 aromatic heterocycles. The molecule has 5 heteroatoms. The number of pyridine rings is 2. The lowest BCUT2D eigenvalue weighted by molar-refractivity contribution is 0.484. The second-order valence-electron chi connectivity index (χ2n) is 13.1. The molecule has 51 heavy (non-hydrogen) atoms. The third-order valence-electron chi connectivity index (χ3n) is 10.1. The van der Waals surface area contributed by atoms with Gasteiger partial charge < -0.3 is 4.74 Å². The molecule has 242 valence electrons.